The van der Waals surface area contributed by atoms with Crippen LogP contribution in [0, 0.1) is 0 Å². The van der Waals surface area contributed by atoms with Crippen LogP contribution in [-0.2, 0) is 6.54 Å². The third-order valence-electron chi connectivity index (χ3n) is 3.00. The van der Waals surface area contributed by atoms with Crippen LogP contribution in [-0.4, -0.2) is 18.9 Å². The Bertz CT molecular complexity index is 539. The number of nitrogens with one attached hydrogen (secondary N) is 1. The van der Waals surface area contributed by atoms with Gasteiger partial charge in [0.2, 0.25) is 0 Å². The van der Waals surface area contributed by atoms with Gasteiger partial charge in [0.25, 0.3) is 5.88 Å². The lowest BCUT2D eigenvalue weighted by Crippen LogP contribution is -2.17. The Hall–Kier alpha value is -2.01. The summed E-state index contributed by atoms with van der Waals surface area (Å²) in [6, 6.07) is 10.0. The number of aromatic nitrogens is 1. The first kappa shape index (κ1) is 14.4. The fourth-order valence-electron chi connectivity index (χ4n) is 1.89. The maximum Gasteiger partial charge on any atom is 0.254 e. The number of methoxy groups -OCH3 is 1. The smallest absolute Gasteiger partial charge is 0.254 e. The zero-order chi connectivity index (χ0) is 14.4. The molecule has 0 aliphatic heterocycles. The van der Waals surface area contributed by atoms with Gasteiger partial charge in [0, 0.05) is 12.1 Å². The zero-order valence-electron chi connectivity index (χ0n) is 12.1. The van der Waals surface area contributed by atoms with Gasteiger partial charge in [-0.2, -0.15) is 0 Å². The average Bonchev–Trinajstić information content (AvgIpc) is 2.93. The van der Waals surface area contributed by atoms with Gasteiger partial charge in [-0.3, -0.25) is 0 Å². The van der Waals surface area contributed by atoms with E-state index in [1.54, 1.807) is 13.2 Å². The van der Waals surface area contributed by atoms with Crippen molar-refractivity contribution in [2.24, 2.45) is 0 Å². The van der Waals surface area contributed by atoms with Crippen LogP contribution >= 0.6 is 0 Å². The molecule has 2 rings (SSSR count). The Morgan fingerprint density at radius 1 is 1.35 bits per heavy atom. The molecule has 1 atom stereocenters. The Labute approximate surface area is 118 Å². The molecular formula is C15H20N2O3. The van der Waals surface area contributed by atoms with E-state index in [-0.39, 0.29) is 6.04 Å². The summed E-state index contributed by atoms with van der Waals surface area (Å²) in [5, 5.41) is 7.14. The average molecular weight is 276 g/mol. The first-order chi connectivity index (χ1) is 9.72. The van der Waals surface area contributed by atoms with Gasteiger partial charge in [-0.15, -0.1) is 0 Å². The molecule has 0 saturated carbocycles. The monoisotopic (exact) mass is 276 g/mol. The quantitative estimate of drug-likeness (QED) is 0.842. The fourth-order valence-corrected chi connectivity index (χ4v) is 1.89. The SMILES string of the molecule is CCOc1cccc(C(C)NCc2cc(OC)no2)c1. The number of rotatable bonds is 7. The largest absolute Gasteiger partial charge is 0.494 e. The molecule has 2 aromatic rings. The molecule has 0 fully saturated rings. The molecule has 1 N–H and O–H groups in total. The summed E-state index contributed by atoms with van der Waals surface area (Å²) < 4.78 is 15.6. The van der Waals surface area contributed by atoms with E-state index in [2.05, 4.69) is 23.5 Å². The molecule has 0 saturated heterocycles. The van der Waals surface area contributed by atoms with Crippen molar-refractivity contribution in [3.63, 3.8) is 0 Å². The van der Waals surface area contributed by atoms with Gasteiger partial charge in [-0.05, 0) is 36.7 Å². The maximum atomic E-state index is 5.50. The van der Waals surface area contributed by atoms with Gasteiger partial charge in [-0.25, -0.2) is 0 Å². The van der Waals surface area contributed by atoms with Gasteiger partial charge < -0.3 is 19.3 Å². The molecule has 0 aliphatic carbocycles. The first-order valence-electron chi connectivity index (χ1n) is 6.68. The van der Waals surface area contributed by atoms with Crippen LogP contribution in [0.2, 0.25) is 0 Å². The van der Waals surface area contributed by atoms with Crippen molar-refractivity contribution in [3.05, 3.63) is 41.7 Å². The van der Waals surface area contributed by atoms with Crippen molar-refractivity contribution in [3.8, 4) is 11.6 Å². The Morgan fingerprint density at radius 2 is 2.20 bits per heavy atom. The predicted octanol–water partition coefficient (Wildman–Crippen LogP) is 2.93. The first-order valence-corrected chi connectivity index (χ1v) is 6.68. The highest BCUT2D eigenvalue weighted by Crippen LogP contribution is 2.20. The standard InChI is InChI=1S/C15H20N2O3/c1-4-19-13-7-5-6-12(8-13)11(2)16-10-14-9-15(18-3)17-20-14/h5-9,11,16H,4,10H2,1-3H3. The fraction of sp³-hybridized carbons (Fsp3) is 0.400. The van der Waals surface area contributed by atoms with E-state index < -0.39 is 0 Å². The van der Waals surface area contributed by atoms with Gasteiger partial charge in [-0.1, -0.05) is 12.1 Å². The molecule has 5 heteroatoms. The molecule has 20 heavy (non-hydrogen) atoms. The van der Waals surface area contributed by atoms with E-state index in [0.717, 1.165) is 11.5 Å². The highest BCUT2D eigenvalue weighted by atomic mass is 16.5. The highest BCUT2D eigenvalue weighted by molar-refractivity contribution is 5.30. The molecule has 108 valence electrons. The number of hydrogen-bond acceptors (Lipinski definition) is 5. The number of nitrogens with zero attached hydrogens (tertiary/aromatic N) is 1. The summed E-state index contributed by atoms with van der Waals surface area (Å²) in [4.78, 5) is 0. The van der Waals surface area contributed by atoms with E-state index in [9.17, 15) is 0 Å². The summed E-state index contributed by atoms with van der Waals surface area (Å²) >= 11 is 0. The van der Waals surface area contributed by atoms with Crippen molar-refractivity contribution in [1.82, 2.24) is 10.5 Å². The highest BCUT2D eigenvalue weighted by Gasteiger charge is 2.09. The normalized spacial score (nSPS) is 12.2. The number of ether oxygens (including phenoxy) is 2. The lowest BCUT2D eigenvalue weighted by molar-refractivity contribution is 0.320. The molecule has 1 aromatic carbocycles. The van der Waals surface area contributed by atoms with Gasteiger partial charge >= 0.3 is 0 Å². The van der Waals surface area contributed by atoms with Gasteiger partial charge in [0.1, 0.15) is 5.75 Å². The van der Waals surface area contributed by atoms with Crippen LogP contribution in [0.5, 0.6) is 11.6 Å². The number of hydrogen-bond donors (Lipinski definition) is 1. The van der Waals surface area contributed by atoms with E-state index in [4.69, 9.17) is 14.0 Å². The summed E-state index contributed by atoms with van der Waals surface area (Å²) in [7, 11) is 1.57. The molecule has 0 radical (unpaired) electrons. The molecule has 0 aliphatic rings. The van der Waals surface area contributed by atoms with E-state index >= 15 is 0 Å². The van der Waals surface area contributed by atoms with Crippen LogP contribution in [0.3, 0.4) is 0 Å². The summed E-state index contributed by atoms with van der Waals surface area (Å²) in [5.74, 6) is 2.13. The Kier molecular flexibility index (Phi) is 5.01. The molecule has 0 spiro atoms. The predicted molar refractivity (Wildman–Crippen MR) is 75.9 cm³/mol. The molecule has 0 amide bonds. The summed E-state index contributed by atoms with van der Waals surface area (Å²) in [5.41, 5.74) is 1.17. The van der Waals surface area contributed by atoms with E-state index in [1.165, 1.54) is 5.56 Å². The molecule has 5 nitrogen and oxygen atoms in total. The van der Waals surface area contributed by atoms with Gasteiger partial charge in [0.05, 0.1) is 20.3 Å². The number of benzene rings is 1. The molecule has 1 heterocycles. The van der Waals surface area contributed by atoms with Crippen LogP contribution in [0.25, 0.3) is 0 Å². The second kappa shape index (κ2) is 6.96. The minimum Gasteiger partial charge on any atom is -0.494 e. The molecule has 1 aromatic heterocycles. The van der Waals surface area contributed by atoms with Crippen molar-refractivity contribution >= 4 is 0 Å². The lowest BCUT2D eigenvalue weighted by atomic mass is 10.1. The maximum absolute atomic E-state index is 5.50. The minimum atomic E-state index is 0.187. The Morgan fingerprint density at radius 3 is 2.90 bits per heavy atom. The molecule has 0 bridgehead atoms. The topological polar surface area (TPSA) is 56.5 Å². The van der Waals surface area contributed by atoms with Crippen LogP contribution in [0.4, 0.5) is 0 Å². The second-order valence-corrected chi connectivity index (χ2v) is 4.44. The summed E-state index contributed by atoms with van der Waals surface area (Å²) in [6.45, 7) is 5.34. The van der Waals surface area contributed by atoms with Crippen LogP contribution < -0.4 is 14.8 Å². The lowest BCUT2D eigenvalue weighted by Gasteiger charge is -2.14. The van der Waals surface area contributed by atoms with Crippen molar-refractivity contribution < 1.29 is 14.0 Å². The van der Waals surface area contributed by atoms with Crippen LogP contribution in [0.1, 0.15) is 31.2 Å². The zero-order valence-corrected chi connectivity index (χ0v) is 12.1. The van der Waals surface area contributed by atoms with Gasteiger partial charge in [0.15, 0.2) is 5.76 Å². The van der Waals surface area contributed by atoms with Crippen molar-refractivity contribution in [2.45, 2.75) is 26.4 Å². The Balaban J connectivity index is 1.93. The van der Waals surface area contributed by atoms with E-state index in [1.807, 2.05) is 25.1 Å². The second-order valence-electron chi connectivity index (χ2n) is 4.44. The van der Waals surface area contributed by atoms with Crippen LogP contribution in [0.15, 0.2) is 34.9 Å². The molecular weight excluding hydrogens is 256 g/mol. The van der Waals surface area contributed by atoms with Crippen molar-refractivity contribution in [2.75, 3.05) is 13.7 Å². The van der Waals surface area contributed by atoms with E-state index in [0.29, 0.717) is 19.0 Å². The van der Waals surface area contributed by atoms with Crippen molar-refractivity contribution in [1.29, 1.82) is 0 Å². The third-order valence-corrected chi connectivity index (χ3v) is 3.00. The molecule has 1 unspecified atom stereocenters. The minimum absolute atomic E-state index is 0.187. The third kappa shape index (κ3) is 3.74. The summed E-state index contributed by atoms with van der Waals surface area (Å²) in [6.07, 6.45) is 0.